The molecule has 1 heterocycles. The molecule has 0 saturated carbocycles. The number of amides is 1. The fourth-order valence-electron chi connectivity index (χ4n) is 2.88. The van der Waals surface area contributed by atoms with E-state index in [1.54, 1.807) is 13.0 Å². The lowest BCUT2D eigenvalue weighted by Gasteiger charge is -2.33. The van der Waals surface area contributed by atoms with Crippen LogP contribution in [0.25, 0.3) is 0 Å². The molecule has 1 aliphatic rings. The number of aliphatic hydroxyl groups excluding tert-OH is 1. The highest BCUT2D eigenvalue weighted by molar-refractivity contribution is 7.86. The molecule has 0 aromatic heterocycles. The number of benzene rings is 1. The first-order chi connectivity index (χ1) is 12.7. The quantitative estimate of drug-likeness (QED) is 0.524. The van der Waals surface area contributed by atoms with Crippen molar-refractivity contribution in [1.82, 2.24) is 4.90 Å². The van der Waals surface area contributed by atoms with Crippen molar-refractivity contribution < 1.29 is 32.0 Å². The Kier molecular flexibility index (Phi) is 7.37. The fourth-order valence-corrected chi connectivity index (χ4v) is 3.50. The highest BCUT2D eigenvalue weighted by Crippen LogP contribution is 2.33. The maximum Gasteiger partial charge on any atom is 0.412 e. The standard InChI is InChI=1S/C18H25NO7S/c1-18(25-11-7-6-10-20)12-16(26-27(2,22)23)13-19(18)17(21)24-14-15-8-4-3-5-9-15/h3-9,16,20H,10-14H2,1-2H3/t16-,18+/m1/s1. The number of likely N-dealkylation sites (tertiary alicyclic amines) is 1. The van der Waals surface area contributed by atoms with Crippen LogP contribution in [0.2, 0.25) is 0 Å². The molecule has 9 heteroatoms. The summed E-state index contributed by atoms with van der Waals surface area (Å²) in [6.07, 6.45) is 2.92. The molecular formula is C18H25NO7S. The second-order valence-corrected chi connectivity index (χ2v) is 8.02. The Labute approximate surface area is 159 Å². The van der Waals surface area contributed by atoms with Crippen LogP contribution in [0.1, 0.15) is 18.9 Å². The third kappa shape index (κ3) is 6.62. The van der Waals surface area contributed by atoms with Crippen molar-refractivity contribution >= 4 is 16.2 Å². The van der Waals surface area contributed by atoms with Gasteiger partial charge in [0.25, 0.3) is 10.1 Å². The highest BCUT2D eigenvalue weighted by Gasteiger charge is 2.48. The summed E-state index contributed by atoms with van der Waals surface area (Å²) >= 11 is 0. The van der Waals surface area contributed by atoms with Crippen LogP contribution in [0.4, 0.5) is 4.79 Å². The zero-order valence-electron chi connectivity index (χ0n) is 15.4. The third-order valence-electron chi connectivity index (χ3n) is 4.06. The van der Waals surface area contributed by atoms with Gasteiger partial charge >= 0.3 is 6.09 Å². The highest BCUT2D eigenvalue weighted by atomic mass is 32.2. The van der Waals surface area contributed by atoms with Gasteiger partial charge in [-0.1, -0.05) is 42.5 Å². The number of nitrogens with zero attached hydrogens (tertiary/aromatic N) is 1. The summed E-state index contributed by atoms with van der Waals surface area (Å²) in [5, 5.41) is 8.80. The summed E-state index contributed by atoms with van der Waals surface area (Å²) < 4.78 is 39.1. The summed E-state index contributed by atoms with van der Waals surface area (Å²) in [6, 6.07) is 9.22. The number of aliphatic hydroxyl groups is 1. The van der Waals surface area contributed by atoms with E-state index in [2.05, 4.69) is 0 Å². The van der Waals surface area contributed by atoms with Crippen molar-refractivity contribution in [3.05, 3.63) is 48.0 Å². The summed E-state index contributed by atoms with van der Waals surface area (Å²) in [7, 11) is -3.67. The van der Waals surface area contributed by atoms with E-state index in [0.717, 1.165) is 11.8 Å². The maximum atomic E-state index is 12.6. The smallest absolute Gasteiger partial charge is 0.412 e. The molecule has 0 aliphatic carbocycles. The molecule has 8 nitrogen and oxygen atoms in total. The van der Waals surface area contributed by atoms with Gasteiger partial charge in [-0.05, 0) is 12.5 Å². The van der Waals surface area contributed by atoms with E-state index < -0.39 is 28.0 Å². The predicted octanol–water partition coefficient (Wildman–Crippen LogP) is 1.65. The molecule has 2 atom stereocenters. The van der Waals surface area contributed by atoms with E-state index in [1.807, 2.05) is 30.3 Å². The number of carbonyl (C=O) groups is 1. The molecule has 2 rings (SSSR count). The SMILES string of the molecule is C[C@]1(OCC=CCO)C[C@@H](OS(C)(=O)=O)CN1C(=O)OCc1ccccc1. The molecule has 1 fully saturated rings. The Bertz CT molecular complexity index is 750. The molecule has 27 heavy (non-hydrogen) atoms. The molecule has 1 saturated heterocycles. The first-order valence-electron chi connectivity index (χ1n) is 8.50. The molecule has 1 aromatic rings. The van der Waals surface area contributed by atoms with Crippen LogP contribution in [0, 0.1) is 0 Å². The van der Waals surface area contributed by atoms with Gasteiger partial charge in [0.2, 0.25) is 0 Å². The van der Waals surface area contributed by atoms with Crippen molar-refractivity contribution in [2.75, 3.05) is 26.0 Å². The molecule has 1 aliphatic heterocycles. The number of ether oxygens (including phenoxy) is 2. The Hall–Kier alpha value is -1.94. The van der Waals surface area contributed by atoms with Crippen molar-refractivity contribution in [1.29, 1.82) is 0 Å². The average Bonchev–Trinajstić information content (AvgIpc) is 2.92. The van der Waals surface area contributed by atoms with Crippen molar-refractivity contribution in [2.45, 2.75) is 31.8 Å². The van der Waals surface area contributed by atoms with Crippen LogP contribution < -0.4 is 0 Å². The third-order valence-corrected chi connectivity index (χ3v) is 4.68. The van der Waals surface area contributed by atoms with Gasteiger partial charge in [-0.25, -0.2) is 4.79 Å². The van der Waals surface area contributed by atoms with E-state index in [1.165, 1.54) is 11.0 Å². The minimum atomic E-state index is -3.67. The summed E-state index contributed by atoms with van der Waals surface area (Å²) in [6.45, 7) is 1.82. The molecule has 0 radical (unpaired) electrons. The lowest BCUT2D eigenvalue weighted by Crippen LogP contribution is -2.47. The zero-order valence-corrected chi connectivity index (χ0v) is 16.2. The van der Waals surface area contributed by atoms with Crippen LogP contribution >= 0.6 is 0 Å². The van der Waals surface area contributed by atoms with Gasteiger partial charge in [0, 0.05) is 6.42 Å². The summed E-state index contributed by atoms with van der Waals surface area (Å²) in [5.74, 6) is 0. The molecule has 0 bridgehead atoms. The van der Waals surface area contributed by atoms with Crippen molar-refractivity contribution in [3.8, 4) is 0 Å². The van der Waals surface area contributed by atoms with Gasteiger partial charge < -0.3 is 14.6 Å². The lowest BCUT2D eigenvalue weighted by atomic mass is 10.1. The molecular weight excluding hydrogens is 374 g/mol. The largest absolute Gasteiger partial charge is 0.444 e. The van der Waals surface area contributed by atoms with Crippen molar-refractivity contribution in [3.63, 3.8) is 0 Å². The van der Waals surface area contributed by atoms with Crippen LogP contribution in [-0.2, 0) is 30.4 Å². The monoisotopic (exact) mass is 399 g/mol. The van der Waals surface area contributed by atoms with Gasteiger partial charge in [-0.15, -0.1) is 0 Å². The average molecular weight is 399 g/mol. The molecule has 1 aromatic carbocycles. The van der Waals surface area contributed by atoms with E-state index in [0.29, 0.717) is 0 Å². The number of hydrogen-bond donors (Lipinski definition) is 1. The van der Waals surface area contributed by atoms with E-state index in [4.69, 9.17) is 18.8 Å². The number of rotatable bonds is 8. The van der Waals surface area contributed by atoms with E-state index in [9.17, 15) is 13.2 Å². The minimum Gasteiger partial charge on any atom is -0.444 e. The van der Waals surface area contributed by atoms with Gasteiger partial charge in [0.15, 0.2) is 0 Å². The van der Waals surface area contributed by atoms with Crippen LogP contribution in [0.3, 0.4) is 0 Å². The lowest BCUT2D eigenvalue weighted by molar-refractivity contribution is -0.104. The zero-order chi connectivity index (χ0) is 19.9. The molecule has 1 N–H and O–H groups in total. The normalized spacial score (nSPS) is 23.1. The van der Waals surface area contributed by atoms with Gasteiger partial charge in [0.05, 0.1) is 32.1 Å². The minimum absolute atomic E-state index is 0.0287. The van der Waals surface area contributed by atoms with Gasteiger partial charge in [-0.3, -0.25) is 9.08 Å². The number of carbonyl (C=O) groups excluding carboxylic acids is 1. The fraction of sp³-hybridized carbons (Fsp3) is 0.500. The van der Waals surface area contributed by atoms with Gasteiger partial charge in [0.1, 0.15) is 12.3 Å². The summed E-state index contributed by atoms with van der Waals surface area (Å²) in [4.78, 5) is 13.9. The molecule has 0 unspecified atom stereocenters. The summed E-state index contributed by atoms with van der Waals surface area (Å²) in [5.41, 5.74) is -0.259. The van der Waals surface area contributed by atoms with Crippen LogP contribution in [0.15, 0.2) is 42.5 Å². The maximum absolute atomic E-state index is 12.6. The Morgan fingerprint density at radius 3 is 2.67 bits per heavy atom. The molecule has 150 valence electrons. The second kappa shape index (κ2) is 9.32. The second-order valence-electron chi connectivity index (χ2n) is 6.42. The van der Waals surface area contributed by atoms with Crippen LogP contribution in [-0.4, -0.2) is 62.4 Å². The Morgan fingerprint density at radius 1 is 1.33 bits per heavy atom. The van der Waals surface area contributed by atoms with E-state index >= 15 is 0 Å². The Balaban J connectivity index is 2.07. The first-order valence-corrected chi connectivity index (χ1v) is 10.3. The first kappa shape index (κ1) is 21.4. The molecule has 0 spiro atoms. The molecule has 1 amide bonds. The number of hydrogen-bond acceptors (Lipinski definition) is 7. The van der Waals surface area contributed by atoms with Crippen LogP contribution in [0.5, 0.6) is 0 Å². The van der Waals surface area contributed by atoms with Crippen molar-refractivity contribution in [2.24, 2.45) is 0 Å². The topological polar surface area (TPSA) is 102 Å². The Morgan fingerprint density at radius 2 is 2.04 bits per heavy atom. The van der Waals surface area contributed by atoms with E-state index in [-0.39, 0.29) is 32.8 Å². The van der Waals surface area contributed by atoms with Gasteiger partial charge in [-0.2, -0.15) is 8.42 Å². The predicted molar refractivity (Wildman–Crippen MR) is 98.2 cm³/mol.